The molecule has 2 fully saturated rings. The molecule has 4 aromatic rings. The van der Waals surface area contributed by atoms with E-state index in [1.165, 1.54) is 28.9 Å². The van der Waals surface area contributed by atoms with E-state index in [1.807, 2.05) is 60.7 Å². The molecule has 0 unspecified atom stereocenters. The number of hydrogen-bond acceptors (Lipinski definition) is 7. The van der Waals surface area contributed by atoms with Crippen molar-refractivity contribution in [2.24, 2.45) is 0 Å². The molecular formula is C38H43Cl2N5O6S. The number of benzene rings is 3. The van der Waals surface area contributed by atoms with E-state index in [4.69, 9.17) is 32.7 Å². The molecule has 6 rings (SSSR count). The lowest BCUT2D eigenvalue weighted by Crippen LogP contribution is -2.48. The van der Waals surface area contributed by atoms with Crippen LogP contribution in [0.4, 0.5) is 5.82 Å². The van der Waals surface area contributed by atoms with Crippen LogP contribution < -0.4 is 15.4 Å². The van der Waals surface area contributed by atoms with Crippen LogP contribution >= 0.6 is 23.2 Å². The highest BCUT2D eigenvalue weighted by molar-refractivity contribution is 7.92. The van der Waals surface area contributed by atoms with Crippen molar-refractivity contribution in [2.75, 3.05) is 4.72 Å². The molecule has 0 aliphatic heterocycles. The van der Waals surface area contributed by atoms with Crippen LogP contribution in [-0.2, 0) is 44.1 Å². The molecule has 2 aliphatic carbocycles. The molecule has 2 saturated carbocycles. The van der Waals surface area contributed by atoms with Crippen molar-refractivity contribution in [3.63, 3.8) is 0 Å². The molecule has 1 aromatic heterocycles. The maximum absolute atomic E-state index is 13.9. The summed E-state index contributed by atoms with van der Waals surface area (Å²) in [5.74, 6) is -1.05. The van der Waals surface area contributed by atoms with Crippen LogP contribution in [-0.4, -0.2) is 54.3 Å². The lowest BCUT2D eigenvalue weighted by Gasteiger charge is -2.32. The summed E-state index contributed by atoms with van der Waals surface area (Å²) in [7, 11) is -4.26. The van der Waals surface area contributed by atoms with Crippen molar-refractivity contribution in [3.8, 4) is 0 Å². The molecule has 0 radical (unpaired) electrons. The topological polar surface area (TPSA) is 141 Å². The largest absolute Gasteiger partial charge is 0.371 e. The maximum Gasteiger partial charge on any atom is 0.269 e. The van der Waals surface area contributed by atoms with Gasteiger partial charge in [0.15, 0.2) is 5.82 Å². The number of halogens is 2. The summed E-state index contributed by atoms with van der Waals surface area (Å²) in [5, 5.41) is 10.7. The molecule has 1 heterocycles. The Hall–Kier alpha value is -3.94. The number of ether oxygens (including phenoxy) is 2. The molecule has 2 aliphatic rings. The molecule has 52 heavy (non-hydrogen) atoms. The minimum Gasteiger partial charge on any atom is -0.371 e. The van der Waals surface area contributed by atoms with Gasteiger partial charge in [0.05, 0.1) is 42.5 Å². The molecule has 2 amide bonds. The highest BCUT2D eigenvalue weighted by atomic mass is 35.5. The van der Waals surface area contributed by atoms with Crippen LogP contribution in [0.5, 0.6) is 0 Å². The van der Waals surface area contributed by atoms with Crippen molar-refractivity contribution >= 4 is 50.9 Å². The molecule has 3 N–H and O–H groups in total. The summed E-state index contributed by atoms with van der Waals surface area (Å²) in [6.07, 6.45) is 6.46. The molecule has 0 spiro atoms. The van der Waals surface area contributed by atoms with Crippen LogP contribution in [0.15, 0.2) is 89.8 Å². The van der Waals surface area contributed by atoms with Gasteiger partial charge in [-0.2, -0.15) is 5.10 Å². The van der Waals surface area contributed by atoms with Gasteiger partial charge in [0, 0.05) is 11.1 Å². The molecule has 0 bridgehead atoms. The van der Waals surface area contributed by atoms with Crippen LogP contribution in [0.2, 0.25) is 10.0 Å². The van der Waals surface area contributed by atoms with Crippen molar-refractivity contribution in [1.82, 2.24) is 20.4 Å². The number of nitrogens with one attached hydrogen (secondary N) is 3. The Bertz CT molecular complexity index is 1930. The molecule has 3 aromatic carbocycles. The van der Waals surface area contributed by atoms with Crippen molar-refractivity contribution in [2.45, 2.75) is 100 Å². The van der Waals surface area contributed by atoms with E-state index in [2.05, 4.69) is 20.5 Å². The second-order valence-electron chi connectivity index (χ2n) is 13.2. The summed E-state index contributed by atoms with van der Waals surface area (Å²) in [4.78, 5) is 27.3. The van der Waals surface area contributed by atoms with Crippen molar-refractivity contribution in [1.29, 1.82) is 0 Å². The van der Waals surface area contributed by atoms with E-state index in [-0.39, 0.29) is 63.2 Å². The molecule has 4 atom stereocenters. The Morgan fingerprint density at radius 2 is 1.31 bits per heavy atom. The average Bonchev–Trinajstić information content (AvgIpc) is 3.53. The monoisotopic (exact) mass is 767 g/mol. The number of carbonyl (C=O) groups is 2. The van der Waals surface area contributed by atoms with Crippen molar-refractivity contribution in [3.05, 3.63) is 112 Å². The maximum atomic E-state index is 13.9. The Morgan fingerprint density at radius 1 is 0.750 bits per heavy atom. The summed E-state index contributed by atoms with van der Waals surface area (Å²) in [6.45, 7) is 0.507. The normalized spacial score (nSPS) is 20.6. The summed E-state index contributed by atoms with van der Waals surface area (Å²) < 4.78 is 42.9. The van der Waals surface area contributed by atoms with E-state index in [9.17, 15) is 18.0 Å². The summed E-state index contributed by atoms with van der Waals surface area (Å²) >= 11 is 12.3. The number of nitrogens with zero attached hydrogens (tertiary/aromatic N) is 2. The van der Waals surface area contributed by atoms with E-state index < -0.39 is 15.9 Å². The zero-order valence-electron chi connectivity index (χ0n) is 28.7. The lowest BCUT2D eigenvalue weighted by atomic mass is 9.92. The number of amides is 2. The third-order valence-electron chi connectivity index (χ3n) is 9.41. The highest BCUT2D eigenvalue weighted by Crippen LogP contribution is 2.28. The van der Waals surface area contributed by atoms with Gasteiger partial charge in [-0.15, -0.1) is 0 Å². The number of anilines is 1. The third kappa shape index (κ3) is 10.1. The number of carbonyl (C=O) groups excluding carboxylic acids is 2. The third-order valence-corrected chi connectivity index (χ3v) is 11.5. The number of rotatable bonds is 14. The Balaban J connectivity index is 1.19. The molecule has 11 nitrogen and oxygen atoms in total. The van der Waals surface area contributed by atoms with Crippen LogP contribution in [0, 0.1) is 0 Å². The Labute approximate surface area is 314 Å². The Kier molecular flexibility index (Phi) is 12.9. The zero-order valence-corrected chi connectivity index (χ0v) is 31.0. The minimum absolute atomic E-state index is 0.0120. The first-order valence-corrected chi connectivity index (χ1v) is 19.9. The molecule has 0 saturated heterocycles. The van der Waals surface area contributed by atoms with Gasteiger partial charge in [-0.05, 0) is 55.0 Å². The number of sulfonamides is 1. The van der Waals surface area contributed by atoms with Gasteiger partial charge >= 0.3 is 0 Å². The quantitative estimate of drug-likeness (QED) is 0.127. The fourth-order valence-corrected chi connectivity index (χ4v) is 8.51. The van der Waals surface area contributed by atoms with Gasteiger partial charge in [-0.25, -0.2) is 13.1 Å². The van der Waals surface area contributed by atoms with E-state index in [0.29, 0.717) is 19.6 Å². The highest BCUT2D eigenvalue weighted by Gasteiger charge is 2.31. The first kappa shape index (κ1) is 37.8. The second kappa shape index (κ2) is 17.7. The van der Waals surface area contributed by atoms with Crippen molar-refractivity contribution < 1.29 is 27.5 Å². The van der Waals surface area contributed by atoms with E-state index in [1.54, 1.807) is 0 Å². The van der Waals surface area contributed by atoms with Gasteiger partial charge in [-0.3, -0.25) is 14.3 Å². The molecule has 14 heteroatoms. The SMILES string of the molecule is O=C(Cn1nc(NS(=O)(=O)c2cc(Cl)ccc2Cl)cc1C(=O)N[C@H]1CCCC[C@@H]1OCc1ccccc1)N[C@H]1CCCC[C@@H]1OCc1ccccc1. The lowest BCUT2D eigenvalue weighted by molar-refractivity contribution is -0.124. The Morgan fingerprint density at radius 3 is 1.90 bits per heavy atom. The first-order chi connectivity index (χ1) is 25.1. The molecular weight excluding hydrogens is 725 g/mol. The summed E-state index contributed by atoms with van der Waals surface area (Å²) in [5.41, 5.74) is 2.09. The van der Waals surface area contributed by atoms with Gasteiger partial charge in [0.25, 0.3) is 15.9 Å². The smallest absolute Gasteiger partial charge is 0.269 e. The molecule has 276 valence electrons. The fourth-order valence-electron chi connectivity index (χ4n) is 6.75. The van der Waals surface area contributed by atoms with E-state index in [0.717, 1.165) is 56.1 Å². The predicted molar refractivity (Wildman–Crippen MR) is 200 cm³/mol. The van der Waals surface area contributed by atoms with E-state index >= 15 is 0 Å². The van der Waals surface area contributed by atoms with Gasteiger partial charge in [0.1, 0.15) is 17.1 Å². The summed E-state index contributed by atoms with van der Waals surface area (Å²) in [6, 6.07) is 24.6. The van der Waals surface area contributed by atoms with Crippen LogP contribution in [0.3, 0.4) is 0 Å². The van der Waals surface area contributed by atoms with Crippen LogP contribution in [0.25, 0.3) is 0 Å². The first-order valence-electron chi connectivity index (χ1n) is 17.6. The zero-order chi connectivity index (χ0) is 36.5. The predicted octanol–water partition coefficient (Wildman–Crippen LogP) is 6.89. The van der Waals surface area contributed by atoms with Gasteiger partial charge < -0.3 is 20.1 Å². The number of hydrogen-bond donors (Lipinski definition) is 3. The standard InChI is InChI=1S/C38H43Cl2N5O6S/c39-28-19-20-29(40)35(21-28)52(48,49)44-36-22-32(38(47)42-31-16-8-10-18-34(31)51-25-27-13-5-2-6-14-27)45(43-36)23-37(46)41-30-15-7-9-17-33(30)50-24-26-11-3-1-4-12-26/h1-6,11-14,19-22,30-31,33-34H,7-10,15-18,23-25H2,(H,41,46)(H,42,47)(H,43,44)/t30-,31-,33-,34-/m0/s1. The second-order valence-corrected chi connectivity index (χ2v) is 15.7. The fraction of sp³-hybridized carbons (Fsp3) is 0.395. The van der Waals surface area contributed by atoms with Crippen LogP contribution in [0.1, 0.15) is 73.0 Å². The number of aromatic nitrogens is 2. The van der Waals surface area contributed by atoms with Gasteiger partial charge in [-0.1, -0.05) is 110 Å². The average molecular weight is 769 g/mol. The van der Waals surface area contributed by atoms with Gasteiger partial charge in [0.2, 0.25) is 5.91 Å². The minimum atomic E-state index is -4.26.